The molecule has 5 aromatic rings. The van der Waals surface area contributed by atoms with Crippen LogP contribution in [0.5, 0.6) is 0 Å². The first-order valence-electron chi connectivity index (χ1n) is 14.1. The zero-order valence-corrected chi connectivity index (χ0v) is 24.6. The smallest absolute Gasteiger partial charge is 0.0229 e. The topological polar surface area (TPSA) is 0 Å². The Hall–Kier alpha value is -3.56. The van der Waals surface area contributed by atoms with Gasteiger partial charge in [0.05, 0.1) is 0 Å². The standard InChI is InChI=1S/C38H34P2/c1-2-30-18-17-28-35(30)38(40(33-23-11-5-12-24-33)34-25-13-6-14-26-34)36-27-15-16-29-37(36)39(31-19-7-3-8-20-31)32-21-9-4-10-22-32/h3-29,35,38H,2H2,1H3/t35?,38-/m0/s1. The highest BCUT2D eigenvalue weighted by Crippen LogP contribution is 2.57. The molecule has 1 unspecified atom stereocenters. The van der Waals surface area contributed by atoms with E-state index in [1.807, 2.05) is 0 Å². The Bertz CT molecular complexity index is 1500. The summed E-state index contributed by atoms with van der Waals surface area (Å²) in [4.78, 5) is 0. The summed E-state index contributed by atoms with van der Waals surface area (Å²) in [5.41, 5.74) is 3.33. The summed E-state index contributed by atoms with van der Waals surface area (Å²) in [5, 5.41) is 7.12. The molecular weight excluding hydrogens is 518 g/mol. The van der Waals surface area contributed by atoms with Crippen molar-refractivity contribution in [3.63, 3.8) is 0 Å². The fourth-order valence-corrected chi connectivity index (χ4v) is 11.5. The maximum absolute atomic E-state index is 2.47. The molecule has 0 fully saturated rings. The lowest BCUT2D eigenvalue weighted by molar-refractivity contribution is 0.715. The van der Waals surface area contributed by atoms with Crippen LogP contribution < -0.4 is 26.5 Å². The van der Waals surface area contributed by atoms with Crippen LogP contribution in [-0.4, -0.2) is 0 Å². The van der Waals surface area contributed by atoms with E-state index in [-0.39, 0.29) is 0 Å². The largest absolute Gasteiger partial charge is 0.0763 e. The second-order valence-corrected chi connectivity index (χ2v) is 14.6. The van der Waals surface area contributed by atoms with Gasteiger partial charge in [-0.2, -0.15) is 0 Å². The number of allylic oxidation sites excluding steroid dienone is 4. The fourth-order valence-electron chi connectivity index (χ4n) is 5.86. The van der Waals surface area contributed by atoms with Gasteiger partial charge >= 0.3 is 0 Å². The summed E-state index contributed by atoms with van der Waals surface area (Å²) in [5.74, 6) is 0.362. The van der Waals surface area contributed by atoms with Crippen molar-refractivity contribution in [3.8, 4) is 0 Å². The molecule has 1 aliphatic rings. The average molecular weight is 553 g/mol. The molecule has 2 heteroatoms. The lowest BCUT2D eigenvalue weighted by Gasteiger charge is -2.36. The van der Waals surface area contributed by atoms with Crippen LogP contribution in [0.3, 0.4) is 0 Å². The Morgan fingerprint density at radius 1 is 0.550 bits per heavy atom. The van der Waals surface area contributed by atoms with Crippen molar-refractivity contribution in [3.05, 3.63) is 175 Å². The summed E-state index contributed by atoms with van der Waals surface area (Å²) in [6, 6.07) is 54.1. The summed E-state index contributed by atoms with van der Waals surface area (Å²) in [6.07, 6.45) is 8.19. The van der Waals surface area contributed by atoms with E-state index in [1.54, 1.807) is 0 Å². The van der Waals surface area contributed by atoms with Gasteiger partial charge in [0.15, 0.2) is 0 Å². The van der Waals surface area contributed by atoms with Gasteiger partial charge in [-0.25, -0.2) is 0 Å². The molecule has 1 aliphatic carbocycles. The SMILES string of the molecule is CCC1=CC=CC1[C@@H](c1ccccc1P(c1ccccc1)c1ccccc1)P(c1ccccc1)c1ccccc1. The lowest BCUT2D eigenvalue weighted by atomic mass is 9.92. The van der Waals surface area contributed by atoms with E-state index in [9.17, 15) is 0 Å². The molecule has 0 bridgehead atoms. The van der Waals surface area contributed by atoms with Gasteiger partial charge in [-0.1, -0.05) is 176 Å². The third kappa shape index (κ3) is 5.53. The minimum absolute atomic E-state index is 0.318. The fraction of sp³-hybridized carbons (Fsp3) is 0.105. The van der Waals surface area contributed by atoms with Crippen molar-refractivity contribution < 1.29 is 0 Å². The maximum atomic E-state index is 2.47. The normalized spacial score (nSPS) is 15.4. The predicted octanol–water partition coefficient (Wildman–Crippen LogP) is 8.14. The van der Waals surface area contributed by atoms with Crippen LogP contribution in [0.1, 0.15) is 24.6 Å². The maximum Gasteiger partial charge on any atom is 0.0229 e. The molecule has 0 amide bonds. The van der Waals surface area contributed by atoms with Gasteiger partial charge in [-0.15, -0.1) is 0 Å². The molecule has 0 heterocycles. The molecule has 6 rings (SSSR count). The third-order valence-electron chi connectivity index (χ3n) is 7.68. The Labute approximate surface area is 241 Å². The Morgan fingerprint density at radius 2 is 1.00 bits per heavy atom. The molecule has 196 valence electrons. The van der Waals surface area contributed by atoms with E-state index < -0.39 is 15.8 Å². The summed E-state index contributed by atoms with van der Waals surface area (Å²) < 4.78 is 0. The van der Waals surface area contributed by atoms with Crippen LogP contribution >= 0.6 is 15.8 Å². The highest BCUT2D eigenvalue weighted by atomic mass is 31.1. The van der Waals surface area contributed by atoms with Gasteiger partial charge in [0, 0.05) is 11.6 Å². The Morgan fingerprint density at radius 3 is 1.50 bits per heavy atom. The van der Waals surface area contributed by atoms with Gasteiger partial charge in [-0.3, -0.25) is 0 Å². The molecule has 0 radical (unpaired) electrons. The van der Waals surface area contributed by atoms with Crippen molar-refractivity contribution in [2.24, 2.45) is 5.92 Å². The van der Waals surface area contributed by atoms with Crippen LogP contribution in [0.15, 0.2) is 169 Å². The monoisotopic (exact) mass is 552 g/mol. The zero-order chi connectivity index (χ0) is 27.1. The zero-order valence-electron chi connectivity index (χ0n) is 22.8. The molecule has 2 atom stereocenters. The van der Waals surface area contributed by atoms with Gasteiger partial charge in [0.2, 0.25) is 0 Å². The first-order chi connectivity index (χ1) is 19.8. The highest BCUT2D eigenvalue weighted by molar-refractivity contribution is 7.80. The van der Waals surface area contributed by atoms with Crippen molar-refractivity contribution in [1.29, 1.82) is 0 Å². The first-order valence-corrected chi connectivity index (χ1v) is 16.9. The third-order valence-corrected chi connectivity index (χ3v) is 13.1. The highest BCUT2D eigenvalue weighted by Gasteiger charge is 2.37. The van der Waals surface area contributed by atoms with Crippen molar-refractivity contribution in [2.75, 3.05) is 0 Å². The predicted molar refractivity (Wildman–Crippen MR) is 178 cm³/mol. The minimum atomic E-state index is -0.728. The first kappa shape index (κ1) is 26.7. The van der Waals surface area contributed by atoms with Gasteiger partial charge in [0.25, 0.3) is 0 Å². The van der Waals surface area contributed by atoms with E-state index >= 15 is 0 Å². The van der Waals surface area contributed by atoms with Gasteiger partial charge in [0.1, 0.15) is 0 Å². The van der Waals surface area contributed by atoms with E-state index in [2.05, 4.69) is 171 Å². The molecule has 0 aliphatic heterocycles. The molecule has 0 aromatic heterocycles. The van der Waals surface area contributed by atoms with Crippen LogP contribution in [-0.2, 0) is 0 Å². The number of rotatable bonds is 9. The van der Waals surface area contributed by atoms with Crippen molar-refractivity contribution in [2.45, 2.75) is 19.0 Å². The molecular formula is C38H34P2. The second kappa shape index (κ2) is 12.7. The van der Waals surface area contributed by atoms with Gasteiger partial charge < -0.3 is 0 Å². The molecule has 0 saturated carbocycles. The van der Waals surface area contributed by atoms with E-state index in [0.717, 1.165) is 6.42 Å². The van der Waals surface area contributed by atoms with Crippen molar-refractivity contribution in [1.82, 2.24) is 0 Å². The van der Waals surface area contributed by atoms with Crippen molar-refractivity contribution >= 4 is 42.4 Å². The van der Waals surface area contributed by atoms with Crippen LogP contribution in [0.4, 0.5) is 0 Å². The summed E-state index contributed by atoms with van der Waals surface area (Å²) >= 11 is 0. The summed E-state index contributed by atoms with van der Waals surface area (Å²) in [6.45, 7) is 2.31. The minimum Gasteiger partial charge on any atom is -0.0763 e. The molecule has 0 N–H and O–H groups in total. The Kier molecular flexibility index (Phi) is 8.49. The summed E-state index contributed by atoms with van der Waals surface area (Å²) in [7, 11) is -1.42. The van der Waals surface area contributed by atoms with Crippen LogP contribution in [0, 0.1) is 5.92 Å². The number of hydrogen-bond acceptors (Lipinski definition) is 0. The molecule has 0 nitrogen and oxygen atoms in total. The van der Waals surface area contributed by atoms with E-state index in [0.29, 0.717) is 11.6 Å². The Balaban J connectivity index is 1.61. The average Bonchev–Trinajstić information content (AvgIpc) is 3.51. The van der Waals surface area contributed by atoms with E-state index in [1.165, 1.54) is 37.7 Å². The molecule has 40 heavy (non-hydrogen) atoms. The molecule has 0 saturated heterocycles. The molecule has 5 aromatic carbocycles. The number of hydrogen-bond donors (Lipinski definition) is 0. The van der Waals surface area contributed by atoms with Crippen LogP contribution in [0.2, 0.25) is 0 Å². The van der Waals surface area contributed by atoms with E-state index in [4.69, 9.17) is 0 Å². The quantitative estimate of drug-likeness (QED) is 0.162. The van der Waals surface area contributed by atoms with Crippen LogP contribution in [0.25, 0.3) is 0 Å². The second-order valence-electron chi connectivity index (χ2n) is 10.1. The lowest BCUT2D eigenvalue weighted by Crippen LogP contribution is -2.29. The van der Waals surface area contributed by atoms with Gasteiger partial charge in [-0.05, 0) is 54.4 Å². The number of benzene rings is 5. The molecule has 0 spiro atoms.